The smallest absolute Gasteiger partial charge is 0.319 e. The van der Waals surface area contributed by atoms with Gasteiger partial charge in [-0.15, -0.1) is 0 Å². The molecule has 0 amide bonds. The number of carbonyl (C=O) groups is 1. The van der Waals surface area contributed by atoms with Crippen molar-refractivity contribution in [2.24, 2.45) is 11.8 Å². The molecule has 2 aliphatic heterocycles. The average Bonchev–Trinajstić information content (AvgIpc) is 3.30. The van der Waals surface area contributed by atoms with Gasteiger partial charge in [-0.25, -0.2) is 0 Å². The largest absolute Gasteiger partial charge is 0.493 e. The van der Waals surface area contributed by atoms with Gasteiger partial charge in [0.15, 0.2) is 11.5 Å². The number of fused-ring (bicyclic) bond motifs is 6. The average molecular weight is 549 g/mol. The summed E-state index contributed by atoms with van der Waals surface area (Å²) in [5.41, 5.74) is 3.62. The van der Waals surface area contributed by atoms with Gasteiger partial charge in [0.1, 0.15) is 5.41 Å². The summed E-state index contributed by atoms with van der Waals surface area (Å²) in [6.45, 7) is 10.1. The standard InChI is InChI=1S/C33H44N2O5/c1-6-40-32(36)33-19-25(16-22(2)13-15-39-21-24-10-8-7-9-11-24)20-35(23(33)3)14-12-26-27-17-29(37-4)30(38-5)18-28(27)34-31(26)33/h7-11,17-18,22-23,25,34H,6,12-16,19-21H2,1-5H3/t22?,23?,25-,33?/m0/s1. The summed E-state index contributed by atoms with van der Waals surface area (Å²) in [6, 6.07) is 14.4. The highest BCUT2D eigenvalue weighted by atomic mass is 16.5. The molecule has 216 valence electrons. The lowest BCUT2D eigenvalue weighted by atomic mass is 9.66. The van der Waals surface area contributed by atoms with E-state index in [-0.39, 0.29) is 12.0 Å². The third-order valence-electron chi connectivity index (χ3n) is 9.11. The van der Waals surface area contributed by atoms with Crippen molar-refractivity contribution in [2.45, 2.75) is 64.5 Å². The molecule has 1 fully saturated rings. The summed E-state index contributed by atoms with van der Waals surface area (Å²) in [6.07, 6.45) is 3.69. The van der Waals surface area contributed by atoms with Crippen LogP contribution in [-0.4, -0.2) is 62.4 Å². The molecule has 3 heterocycles. The van der Waals surface area contributed by atoms with Crippen LogP contribution >= 0.6 is 0 Å². The van der Waals surface area contributed by atoms with Crippen molar-refractivity contribution in [3.63, 3.8) is 0 Å². The second-order valence-electron chi connectivity index (χ2n) is 11.6. The number of aromatic nitrogens is 1. The van der Waals surface area contributed by atoms with Crippen LogP contribution in [0.5, 0.6) is 11.5 Å². The van der Waals surface area contributed by atoms with E-state index >= 15 is 0 Å². The minimum Gasteiger partial charge on any atom is -0.493 e. The number of nitrogens with one attached hydrogen (secondary N) is 1. The number of methoxy groups -OCH3 is 2. The van der Waals surface area contributed by atoms with Crippen molar-refractivity contribution in [2.75, 3.05) is 40.5 Å². The maximum atomic E-state index is 14.0. The van der Waals surface area contributed by atoms with Crippen LogP contribution in [0.25, 0.3) is 10.9 Å². The first kappa shape index (κ1) is 28.5. The minimum atomic E-state index is -0.756. The molecule has 7 heteroatoms. The molecular weight excluding hydrogens is 504 g/mol. The van der Waals surface area contributed by atoms with E-state index in [1.807, 2.05) is 37.3 Å². The Kier molecular flexibility index (Phi) is 8.71. The Morgan fingerprint density at radius 3 is 2.62 bits per heavy atom. The molecule has 2 bridgehead atoms. The lowest BCUT2D eigenvalue weighted by molar-refractivity contribution is -0.157. The highest BCUT2D eigenvalue weighted by Crippen LogP contribution is 2.49. The zero-order chi connectivity index (χ0) is 28.3. The van der Waals surface area contributed by atoms with Gasteiger partial charge in [0, 0.05) is 48.4 Å². The van der Waals surface area contributed by atoms with Gasteiger partial charge in [-0.05, 0) is 68.6 Å². The summed E-state index contributed by atoms with van der Waals surface area (Å²) in [5.74, 6) is 2.13. The molecule has 0 aliphatic carbocycles. The van der Waals surface area contributed by atoms with Crippen molar-refractivity contribution < 1.29 is 23.7 Å². The molecule has 0 spiro atoms. The fraction of sp³-hybridized carbons (Fsp3) is 0.545. The normalized spacial score (nSPS) is 24.7. The summed E-state index contributed by atoms with van der Waals surface area (Å²) in [4.78, 5) is 20.2. The van der Waals surface area contributed by atoms with Crippen LogP contribution in [0.4, 0.5) is 0 Å². The van der Waals surface area contributed by atoms with Crippen molar-refractivity contribution in [1.82, 2.24) is 9.88 Å². The second kappa shape index (κ2) is 12.2. The Morgan fingerprint density at radius 2 is 1.90 bits per heavy atom. The van der Waals surface area contributed by atoms with E-state index in [1.54, 1.807) is 14.2 Å². The van der Waals surface area contributed by atoms with Gasteiger partial charge < -0.3 is 23.9 Å². The molecule has 5 rings (SSSR count). The predicted molar refractivity (Wildman–Crippen MR) is 157 cm³/mol. The van der Waals surface area contributed by atoms with Crippen molar-refractivity contribution >= 4 is 16.9 Å². The van der Waals surface area contributed by atoms with Gasteiger partial charge >= 0.3 is 5.97 Å². The van der Waals surface area contributed by atoms with Crippen LogP contribution in [0.1, 0.15) is 56.9 Å². The minimum absolute atomic E-state index is 0.0328. The number of esters is 1. The number of aromatic amines is 1. The number of hydrogen-bond donors (Lipinski definition) is 1. The van der Waals surface area contributed by atoms with Crippen LogP contribution in [0.3, 0.4) is 0 Å². The van der Waals surface area contributed by atoms with E-state index < -0.39 is 5.41 Å². The van der Waals surface area contributed by atoms with Crippen LogP contribution in [0.2, 0.25) is 0 Å². The summed E-state index contributed by atoms with van der Waals surface area (Å²) >= 11 is 0. The van der Waals surface area contributed by atoms with Crippen LogP contribution in [-0.2, 0) is 32.7 Å². The molecule has 0 saturated carbocycles. The van der Waals surface area contributed by atoms with Gasteiger partial charge in [-0.1, -0.05) is 37.3 Å². The summed E-state index contributed by atoms with van der Waals surface area (Å²) < 4.78 is 23.1. The SMILES string of the molecule is CCOC(=O)C12C[C@H](CC(C)CCOCc3ccccc3)CN(CCc3c1[nH]c1cc(OC)c(OC)cc31)C2C. The Bertz CT molecular complexity index is 1310. The van der Waals surface area contributed by atoms with E-state index in [9.17, 15) is 4.79 Å². The number of benzene rings is 2. The Balaban J connectivity index is 1.40. The molecule has 7 nitrogen and oxygen atoms in total. The second-order valence-corrected chi connectivity index (χ2v) is 11.6. The fourth-order valence-electron chi connectivity index (χ4n) is 7.07. The lowest BCUT2D eigenvalue weighted by Crippen LogP contribution is -2.60. The van der Waals surface area contributed by atoms with Crippen LogP contribution in [0, 0.1) is 11.8 Å². The molecule has 40 heavy (non-hydrogen) atoms. The highest BCUT2D eigenvalue weighted by Gasteiger charge is 2.56. The van der Waals surface area contributed by atoms with E-state index in [0.29, 0.717) is 36.5 Å². The quantitative estimate of drug-likeness (QED) is 0.238. The lowest BCUT2D eigenvalue weighted by Gasteiger charge is -2.48. The first-order chi connectivity index (χ1) is 19.4. The maximum Gasteiger partial charge on any atom is 0.319 e. The van der Waals surface area contributed by atoms with Crippen LogP contribution in [0.15, 0.2) is 42.5 Å². The van der Waals surface area contributed by atoms with Crippen LogP contribution < -0.4 is 9.47 Å². The van der Waals surface area contributed by atoms with Gasteiger partial charge in [-0.3, -0.25) is 9.69 Å². The predicted octanol–water partition coefficient (Wildman–Crippen LogP) is 5.89. The summed E-state index contributed by atoms with van der Waals surface area (Å²) in [5, 5.41) is 1.10. The summed E-state index contributed by atoms with van der Waals surface area (Å²) in [7, 11) is 3.31. The van der Waals surface area contributed by atoms with E-state index in [2.05, 4.69) is 35.9 Å². The van der Waals surface area contributed by atoms with Gasteiger partial charge in [0.05, 0.1) is 27.4 Å². The first-order valence-electron chi connectivity index (χ1n) is 14.7. The molecule has 3 aromatic rings. The van der Waals surface area contributed by atoms with E-state index in [4.69, 9.17) is 18.9 Å². The Labute approximate surface area is 238 Å². The molecule has 4 unspecified atom stereocenters. The molecule has 0 radical (unpaired) electrons. The number of hydrogen-bond acceptors (Lipinski definition) is 6. The number of nitrogens with zero attached hydrogens (tertiary/aromatic N) is 1. The number of H-pyrrole nitrogens is 1. The third-order valence-corrected chi connectivity index (χ3v) is 9.11. The first-order valence-corrected chi connectivity index (χ1v) is 14.7. The topological polar surface area (TPSA) is 73.0 Å². The molecule has 5 atom stereocenters. The number of carbonyl (C=O) groups excluding carboxylic acids is 1. The van der Waals surface area contributed by atoms with Crippen molar-refractivity contribution in [3.05, 3.63) is 59.3 Å². The van der Waals surface area contributed by atoms with Crippen molar-refractivity contribution in [1.29, 1.82) is 0 Å². The van der Waals surface area contributed by atoms with Gasteiger partial charge in [-0.2, -0.15) is 0 Å². The Morgan fingerprint density at radius 1 is 1.15 bits per heavy atom. The molecule has 1 N–H and O–H groups in total. The van der Waals surface area contributed by atoms with Gasteiger partial charge in [0.2, 0.25) is 0 Å². The fourth-order valence-corrected chi connectivity index (χ4v) is 7.07. The zero-order valence-electron chi connectivity index (χ0n) is 24.6. The molecule has 1 saturated heterocycles. The number of ether oxygens (including phenoxy) is 4. The third kappa shape index (κ3) is 5.34. The maximum absolute atomic E-state index is 14.0. The number of piperidine rings is 1. The monoisotopic (exact) mass is 548 g/mol. The van der Waals surface area contributed by atoms with E-state index in [0.717, 1.165) is 62.0 Å². The zero-order valence-corrected chi connectivity index (χ0v) is 24.6. The highest BCUT2D eigenvalue weighted by molar-refractivity contribution is 5.93. The van der Waals surface area contributed by atoms with E-state index in [1.165, 1.54) is 11.1 Å². The molecular formula is C33H44N2O5. The number of rotatable bonds is 11. The Hall–Kier alpha value is -3.03. The van der Waals surface area contributed by atoms with Gasteiger partial charge in [0.25, 0.3) is 0 Å². The molecule has 2 aliphatic rings. The molecule has 1 aromatic heterocycles. The van der Waals surface area contributed by atoms with Crippen molar-refractivity contribution in [3.8, 4) is 11.5 Å². The molecule has 2 aromatic carbocycles.